The number of unbranched alkanes of at least 4 members (excludes halogenated alkanes) is 9. The third-order valence-electron chi connectivity index (χ3n) is 6.74. The highest BCUT2D eigenvalue weighted by atomic mass is 16.5. The number of hydrogen-bond donors (Lipinski definition) is 0. The van der Waals surface area contributed by atoms with Crippen molar-refractivity contribution in [1.29, 1.82) is 0 Å². The summed E-state index contributed by atoms with van der Waals surface area (Å²) < 4.78 is 6.46. The Labute approximate surface area is 199 Å². The van der Waals surface area contributed by atoms with E-state index in [1.165, 1.54) is 85.9 Å². The zero-order chi connectivity index (χ0) is 22.7. The first-order valence-corrected chi connectivity index (χ1v) is 13.0. The van der Waals surface area contributed by atoms with Crippen LogP contribution in [0.3, 0.4) is 0 Å². The Morgan fingerprint density at radius 2 is 1.06 bits per heavy atom. The van der Waals surface area contributed by atoms with Gasteiger partial charge in [-0.3, -0.25) is 0 Å². The first-order chi connectivity index (χ1) is 16.4. The van der Waals surface area contributed by atoms with Crippen LogP contribution in [-0.2, 0) is 6.42 Å². The van der Waals surface area contributed by atoms with Gasteiger partial charge in [-0.2, -0.15) is 0 Å². The molecule has 4 aromatic rings. The summed E-state index contributed by atoms with van der Waals surface area (Å²) in [5, 5.41) is 4.89. The maximum atomic E-state index is 6.46. The minimum absolute atomic E-state index is 0.917. The molecule has 0 radical (unpaired) electrons. The van der Waals surface area contributed by atoms with Crippen LogP contribution in [0.15, 0.2) is 78.9 Å². The molecule has 0 aliphatic carbocycles. The molecule has 4 aromatic carbocycles. The molecule has 0 atom stereocenters. The van der Waals surface area contributed by atoms with Crippen molar-refractivity contribution in [2.24, 2.45) is 0 Å². The van der Waals surface area contributed by atoms with Crippen molar-refractivity contribution in [3.8, 4) is 11.5 Å². The van der Waals surface area contributed by atoms with Crippen molar-refractivity contribution in [2.75, 3.05) is 0 Å². The molecule has 0 bridgehead atoms. The lowest BCUT2D eigenvalue weighted by Gasteiger charge is -2.14. The summed E-state index contributed by atoms with van der Waals surface area (Å²) in [5.74, 6) is 1.86. The second-order valence-corrected chi connectivity index (χ2v) is 9.28. The Hall–Kier alpha value is -2.80. The zero-order valence-corrected chi connectivity index (χ0v) is 20.2. The van der Waals surface area contributed by atoms with Gasteiger partial charge in [0.2, 0.25) is 0 Å². The van der Waals surface area contributed by atoms with Crippen molar-refractivity contribution >= 4 is 21.5 Å². The highest BCUT2D eigenvalue weighted by Crippen LogP contribution is 2.35. The van der Waals surface area contributed by atoms with Gasteiger partial charge in [0, 0.05) is 10.8 Å². The fourth-order valence-electron chi connectivity index (χ4n) is 4.85. The second kappa shape index (κ2) is 12.4. The lowest BCUT2D eigenvalue weighted by atomic mass is 9.98. The van der Waals surface area contributed by atoms with Gasteiger partial charge in [0.25, 0.3) is 0 Å². The number of fused-ring (bicyclic) bond motifs is 2. The maximum absolute atomic E-state index is 6.46. The molecule has 0 aliphatic rings. The quantitative estimate of drug-likeness (QED) is 0.189. The highest BCUT2D eigenvalue weighted by Gasteiger charge is 2.09. The molecular weight excluding hydrogens is 400 g/mol. The fraction of sp³-hybridized carbons (Fsp3) is 0.375. The maximum Gasteiger partial charge on any atom is 0.135 e. The second-order valence-electron chi connectivity index (χ2n) is 9.28. The monoisotopic (exact) mass is 438 g/mol. The normalized spacial score (nSPS) is 11.3. The van der Waals surface area contributed by atoms with E-state index in [1.807, 2.05) is 0 Å². The summed E-state index contributed by atoms with van der Waals surface area (Å²) in [6, 6.07) is 27.8. The van der Waals surface area contributed by atoms with E-state index in [0.717, 1.165) is 23.3 Å². The van der Waals surface area contributed by atoms with Gasteiger partial charge in [-0.05, 0) is 41.3 Å². The molecule has 0 aliphatic heterocycles. The molecule has 172 valence electrons. The van der Waals surface area contributed by atoms with Crippen molar-refractivity contribution < 1.29 is 4.74 Å². The standard InChI is InChI=1S/C32H38O/c1-2-3-4-5-6-7-8-9-10-11-17-27-24-25-32(30-22-15-14-20-28(27)30)33-31-23-16-19-26-18-12-13-21-29(26)31/h12-16,18-25H,2-11,17H2,1H3. The van der Waals surface area contributed by atoms with E-state index in [-0.39, 0.29) is 0 Å². The van der Waals surface area contributed by atoms with Crippen molar-refractivity contribution in [3.05, 3.63) is 84.4 Å². The number of rotatable bonds is 13. The number of benzene rings is 4. The Kier molecular flexibility index (Phi) is 8.81. The van der Waals surface area contributed by atoms with Crippen LogP contribution in [0, 0.1) is 0 Å². The summed E-state index contributed by atoms with van der Waals surface area (Å²) in [6.45, 7) is 2.29. The topological polar surface area (TPSA) is 9.23 Å². The Morgan fingerprint density at radius 3 is 1.82 bits per heavy atom. The lowest BCUT2D eigenvalue weighted by molar-refractivity contribution is 0.494. The molecule has 0 spiro atoms. The first-order valence-electron chi connectivity index (χ1n) is 13.0. The fourth-order valence-corrected chi connectivity index (χ4v) is 4.85. The average molecular weight is 439 g/mol. The van der Waals surface area contributed by atoms with Crippen LogP contribution in [-0.4, -0.2) is 0 Å². The molecule has 0 saturated carbocycles. The summed E-state index contributed by atoms with van der Waals surface area (Å²) in [7, 11) is 0. The molecule has 33 heavy (non-hydrogen) atoms. The molecule has 0 amide bonds. The van der Waals surface area contributed by atoms with Gasteiger partial charge in [0.05, 0.1) is 0 Å². The van der Waals surface area contributed by atoms with Crippen LogP contribution in [0.1, 0.15) is 76.7 Å². The van der Waals surface area contributed by atoms with E-state index < -0.39 is 0 Å². The Bertz CT molecular complexity index is 1140. The number of aryl methyl sites for hydroxylation is 1. The van der Waals surface area contributed by atoms with E-state index in [2.05, 4.69) is 85.8 Å². The smallest absolute Gasteiger partial charge is 0.135 e. The molecule has 4 rings (SSSR count). The Balaban J connectivity index is 1.36. The van der Waals surface area contributed by atoms with Gasteiger partial charge in [-0.25, -0.2) is 0 Å². The molecule has 0 fully saturated rings. The number of hydrogen-bond acceptors (Lipinski definition) is 1. The van der Waals surface area contributed by atoms with Crippen molar-refractivity contribution in [1.82, 2.24) is 0 Å². The van der Waals surface area contributed by atoms with Gasteiger partial charge < -0.3 is 4.74 Å². The predicted molar refractivity (Wildman–Crippen MR) is 144 cm³/mol. The van der Waals surface area contributed by atoms with Crippen LogP contribution in [0.5, 0.6) is 11.5 Å². The van der Waals surface area contributed by atoms with E-state index >= 15 is 0 Å². The molecule has 1 nitrogen and oxygen atoms in total. The molecule has 0 saturated heterocycles. The van der Waals surface area contributed by atoms with Crippen molar-refractivity contribution in [2.45, 2.75) is 77.6 Å². The summed E-state index contributed by atoms with van der Waals surface area (Å²) in [6.07, 6.45) is 14.9. The third-order valence-corrected chi connectivity index (χ3v) is 6.74. The summed E-state index contributed by atoms with van der Waals surface area (Å²) >= 11 is 0. The largest absolute Gasteiger partial charge is 0.456 e. The van der Waals surface area contributed by atoms with Crippen LogP contribution < -0.4 is 4.74 Å². The van der Waals surface area contributed by atoms with Gasteiger partial charge >= 0.3 is 0 Å². The van der Waals surface area contributed by atoms with Crippen LogP contribution in [0.25, 0.3) is 21.5 Å². The number of ether oxygens (including phenoxy) is 1. The van der Waals surface area contributed by atoms with E-state index in [9.17, 15) is 0 Å². The van der Waals surface area contributed by atoms with Gasteiger partial charge in [-0.1, -0.05) is 131 Å². The van der Waals surface area contributed by atoms with E-state index in [0.29, 0.717) is 0 Å². The van der Waals surface area contributed by atoms with E-state index in [4.69, 9.17) is 4.74 Å². The molecule has 0 heterocycles. The van der Waals surface area contributed by atoms with Gasteiger partial charge in [0.15, 0.2) is 0 Å². The Morgan fingerprint density at radius 1 is 0.485 bits per heavy atom. The van der Waals surface area contributed by atoms with Crippen LogP contribution >= 0.6 is 0 Å². The highest BCUT2D eigenvalue weighted by molar-refractivity contribution is 5.93. The SMILES string of the molecule is CCCCCCCCCCCCc1ccc(Oc2cccc3ccccc23)c2ccccc12. The minimum atomic E-state index is 0.917. The van der Waals surface area contributed by atoms with Crippen LogP contribution in [0.4, 0.5) is 0 Å². The average Bonchev–Trinajstić information content (AvgIpc) is 2.86. The first kappa shape index (κ1) is 23.4. The predicted octanol–water partition coefficient (Wildman–Crippen LogP) is 10.2. The zero-order valence-electron chi connectivity index (χ0n) is 20.2. The minimum Gasteiger partial charge on any atom is -0.456 e. The van der Waals surface area contributed by atoms with Gasteiger partial charge in [-0.15, -0.1) is 0 Å². The van der Waals surface area contributed by atoms with Gasteiger partial charge in [0.1, 0.15) is 11.5 Å². The molecular formula is C32H38O. The molecule has 0 unspecified atom stereocenters. The van der Waals surface area contributed by atoms with Crippen molar-refractivity contribution in [3.63, 3.8) is 0 Å². The van der Waals surface area contributed by atoms with Crippen LogP contribution in [0.2, 0.25) is 0 Å². The van der Waals surface area contributed by atoms with E-state index in [1.54, 1.807) is 0 Å². The molecule has 1 heteroatoms. The molecule has 0 aromatic heterocycles. The summed E-state index contributed by atoms with van der Waals surface area (Å²) in [5.41, 5.74) is 1.44. The third kappa shape index (κ3) is 6.38. The molecule has 0 N–H and O–H groups in total. The lowest BCUT2D eigenvalue weighted by Crippen LogP contribution is -1.92. The summed E-state index contributed by atoms with van der Waals surface area (Å²) in [4.78, 5) is 0.